The average Bonchev–Trinajstić information content (AvgIpc) is 2.68. The van der Waals surface area contributed by atoms with Gasteiger partial charge in [0, 0.05) is 26.2 Å². The Labute approximate surface area is 169 Å². The molecule has 1 saturated heterocycles. The molecule has 2 amide bonds. The summed E-state index contributed by atoms with van der Waals surface area (Å²) in [7, 11) is -1.63. The second kappa shape index (κ2) is 8.46. The van der Waals surface area contributed by atoms with Gasteiger partial charge in [0.1, 0.15) is 11.6 Å². The second-order valence-electron chi connectivity index (χ2n) is 7.14. The lowest BCUT2D eigenvalue weighted by Crippen LogP contribution is -2.48. The topological polar surface area (TPSA) is 69.7 Å². The van der Waals surface area contributed by atoms with E-state index in [1.807, 2.05) is 0 Å². The lowest BCUT2D eigenvalue weighted by molar-refractivity contribution is 0.174. The van der Waals surface area contributed by atoms with Crippen LogP contribution >= 0.6 is 0 Å². The molecule has 1 N–H and O–H groups in total. The number of carbonyl (C=O) groups excluding carboxylic acids is 1. The van der Waals surface area contributed by atoms with Crippen molar-refractivity contribution < 1.29 is 22.0 Å². The van der Waals surface area contributed by atoms with Crippen LogP contribution in [0.2, 0.25) is 0 Å². The molecule has 2 aromatic rings. The van der Waals surface area contributed by atoms with E-state index >= 15 is 0 Å². The van der Waals surface area contributed by atoms with E-state index in [2.05, 4.69) is 5.32 Å². The first kappa shape index (κ1) is 21.2. The van der Waals surface area contributed by atoms with Crippen molar-refractivity contribution in [2.24, 2.45) is 0 Å². The molecule has 0 saturated carbocycles. The molecule has 0 bridgehead atoms. The van der Waals surface area contributed by atoms with Crippen molar-refractivity contribution in [3.63, 3.8) is 0 Å². The van der Waals surface area contributed by atoms with E-state index < -0.39 is 27.7 Å². The quantitative estimate of drug-likeness (QED) is 0.818. The zero-order chi connectivity index (χ0) is 21.2. The van der Waals surface area contributed by atoms with Crippen LogP contribution in [0.15, 0.2) is 42.5 Å². The molecule has 1 fully saturated rings. The monoisotopic (exact) mass is 423 g/mol. The van der Waals surface area contributed by atoms with Gasteiger partial charge >= 0.3 is 6.03 Å². The number of hydrogen-bond acceptors (Lipinski definition) is 3. The molecule has 29 heavy (non-hydrogen) atoms. The molecule has 9 heteroatoms. The number of nitrogens with zero attached hydrogens (tertiary/aromatic N) is 2. The number of sulfonamides is 1. The van der Waals surface area contributed by atoms with Crippen LogP contribution in [0.3, 0.4) is 0 Å². The molecule has 156 valence electrons. The van der Waals surface area contributed by atoms with Crippen molar-refractivity contribution in [2.75, 3.05) is 31.7 Å². The van der Waals surface area contributed by atoms with E-state index in [-0.39, 0.29) is 11.7 Å². The summed E-state index contributed by atoms with van der Waals surface area (Å²) in [5.41, 5.74) is 1.06. The molecule has 0 unspecified atom stereocenters. The summed E-state index contributed by atoms with van der Waals surface area (Å²) < 4.78 is 52.4. The number of hydrogen-bond donors (Lipinski definition) is 1. The third kappa shape index (κ3) is 5.10. The third-order valence-corrected chi connectivity index (χ3v) is 6.43. The summed E-state index contributed by atoms with van der Waals surface area (Å²) >= 11 is 0. The molecule has 0 atom stereocenters. The number of amides is 2. The lowest BCUT2D eigenvalue weighted by atomic mass is 10.0. The highest BCUT2D eigenvalue weighted by molar-refractivity contribution is 7.88. The van der Waals surface area contributed by atoms with Gasteiger partial charge in [-0.1, -0.05) is 18.2 Å². The highest BCUT2D eigenvalue weighted by Crippen LogP contribution is 2.25. The number of benzene rings is 2. The standard InChI is InChI=1S/C20H23F2N3O3S/c1-24(17-8-10-25(11-9-17)29(2,27)28)20(26)23-19-7-6-15(13-18(19)22)14-4-3-5-16(21)12-14/h3-7,12-13,17H,8-11H2,1-2H3,(H,23,26). The summed E-state index contributed by atoms with van der Waals surface area (Å²) in [6.07, 6.45) is 2.19. The van der Waals surface area contributed by atoms with E-state index in [1.54, 1.807) is 25.2 Å². The van der Waals surface area contributed by atoms with Gasteiger partial charge in [0.05, 0.1) is 11.9 Å². The van der Waals surface area contributed by atoms with Crippen LogP contribution < -0.4 is 5.32 Å². The van der Waals surface area contributed by atoms with Gasteiger partial charge in [-0.3, -0.25) is 0 Å². The smallest absolute Gasteiger partial charge is 0.321 e. The maximum Gasteiger partial charge on any atom is 0.321 e. The van der Waals surface area contributed by atoms with E-state index in [1.165, 1.54) is 39.7 Å². The number of carbonyl (C=O) groups is 1. The first-order chi connectivity index (χ1) is 13.6. The van der Waals surface area contributed by atoms with Gasteiger partial charge in [0.15, 0.2) is 0 Å². The second-order valence-corrected chi connectivity index (χ2v) is 9.12. The molecule has 0 spiro atoms. The number of piperidine rings is 1. The summed E-state index contributed by atoms with van der Waals surface area (Å²) in [6.45, 7) is 0.690. The van der Waals surface area contributed by atoms with Crippen molar-refractivity contribution in [1.82, 2.24) is 9.21 Å². The van der Waals surface area contributed by atoms with Gasteiger partial charge in [0.2, 0.25) is 10.0 Å². The average molecular weight is 423 g/mol. The Morgan fingerprint density at radius 1 is 1.10 bits per heavy atom. The minimum atomic E-state index is -3.24. The SMILES string of the molecule is CN(C(=O)Nc1ccc(-c2cccc(F)c2)cc1F)C1CCN(S(C)(=O)=O)CC1. The van der Waals surface area contributed by atoms with Gasteiger partial charge < -0.3 is 10.2 Å². The van der Waals surface area contributed by atoms with Crippen LogP contribution in [0.25, 0.3) is 11.1 Å². The van der Waals surface area contributed by atoms with Crippen LogP contribution in [-0.4, -0.2) is 56.1 Å². The zero-order valence-electron chi connectivity index (χ0n) is 16.2. The summed E-state index contributed by atoms with van der Waals surface area (Å²) in [4.78, 5) is 14.0. The maximum atomic E-state index is 14.5. The van der Waals surface area contributed by atoms with Crippen LogP contribution in [0.5, 0.6) is 0 Å². The fraction of sp³-hybridized carbons (Fsp3) is 0.350. The van der Waals surface area contributed by atoms with Crippen LogP contribution in [0.4, 0.5) is 19.3 Å². The normalized spacial score (nSPS) is 15.9. The summed E-state index contributed by atoms with van der Waals surface area (Å²) in [6, 6.07) is 9.52. The number of urea groups is 1. The number of nitrogens with one attached hydrogen (secondary N) is 1. The van der Waals surface area contributed by atoms with E-state index in [0.29, 0.717) is 37.1 Å². The van der Waals surface area contributed by atoms with Gasteiger partial charge in [-0.05, 0) is 48.2 Å². The van der Waals surface area contributed by atoms with E-state index in [4.69, 9.17) is 0 Å². The summed E-state index contributed by atoms with van der Waals surface area (Å²) in [5.74, 6) is -1.04. The Morgan fingerprint density at radius 2 is 1.76 bits per heavy atom. The highest BCUT2D eigenvalue weighted by Gasteiger charge is 2.29. The van der Waals surface area contributed by atoms with E-state index in [0.717, 1.165) is 0 Å². The zero-order valence-corrected chi connectivity index (χ0v) is 17.0. The van der Waals surface area contributed by atoms with Crippen LogP contribution in [-0.2, 0) is 10.0 Å². The van der Waals surface area contributed by atoms with Crippen LogP contribution in [0.1, 0.15) is 12.8 Å². The molecule has 0 aliphatic carbocycles. The predicted octanol–water partition coefficient (Wildman–Crippen LogP) is 3.52. The lowest BCUT2D eigenvalue weighted by Gasteiger charge is -2.35. The fourth-order valence-electron chi connectivity index (χ4n) is 3.39. The highest BCUT2D eigenvalue weighted by atomic mass is 32.2. The van der Waals surface area contributed by atoms with Crippen LogP contribution in [0, 0.1) is 11.6 Å². The molecule has 2 aromatic carbocycles. The third-order valence-electron chi connectivity index (χ3n) is 5.13. The molecule has 3 rings (SSSR count). The number of halogens is 2. The molecule has 1 aliphatic rings. The minimum Gasteiger partial charge on any atom is -0.325 e. The summed E-state index contributed by atoms with van der Waals surface area (Å²) in [5, 5.41) is 2.54. The van der Waals surface area contributed by atoms with Crippen molar-refractivity contribution in [3.8, 4) is 11.1 Å². The van der Waals surface area contributed by atoms with Gasteiger partial charge in [0.25, 0.3) is 0 Å². The molecule has 1 aliphatic heterocycles. The Hall–Kier alpha value is -2.52. The first-order valence-electron chi connectivity index (χ1n) is 9.19. The van der Waals surface area contributed by atoms with E-state index in [9.17, 15) is 22.0 Å². The number of anilines is 1. The molecule has 0 aromatic heterocycles. The molecular weight excluding hydrogens is 400 g/mol. The maximum absolute atomic E-state index is 14.5. The Balaban J connectivity index is 1.64. The number of rotatable bonds is 4. The molecule has 0 radical (unpaired) electrons. The molecular formula is C20H23F2N3O3S. The Morgan fingerprint density at radius 3 is 2.34 bits per heavy atom. The molecule has 6 nitrogen and oxygen atoms in total. The van der Waals surface area contributed by atoms with Crippen molar-refractivity contribution in [1.29, 1.82) is 0 Å². The largest absolute Gasteiger partial charge is 0.325 e. The fourth-order valence-corrected chi connectivity index (χ4v) is 4.27. The van der Waals surface area contributed by atoms with Gasteiger partial charge in [-0.15, -0.1) is 0 Å². The Kier molecular flexibility index (Phi) is 6.18. The minimum absolute atomic E-state index is 0.0237. The predicted molar refractivity (Wildman–Crippen MR) is 108 cm³/mol. The van der Waals surface area contributed by atoms with Crippen molar-refractivity contribution >= 4 is 21.7 Å². The van der Waals surface area contributed by atoms with Gasteiger partial charge in [-0.2, -0.15) is 0 Å². The van der Waals surface area contributed by atoms with Crippen molar-refractivity contribution in [3.05, 3.63) is 54.1 Å². The van der Waals surface area contributed by atoms with Crippen molar-refractivity contribution in [2.45, 2.75) is 18.9 Å². The molecule has 1 heterocycles. The van der Waals surface area contributed by atoms with Gasteiger partial charge in [-0.25, -0.2) is 26.3 Å². The first-order valence-corrected chi connectivity index (χ1v) is 11.0. The Bertz CT molecular complexity index is 1010.